The summed E-state index contributed by atoms with van der Waals surface area (Å²) in [7, 11) is -3.11. The second kappa shape index (κ2) is 5.47. The van der Waals surface area contributed by atoms with Crippen LogP contribution in [0.5, 0.6) is 0 Å². The fourth-order valence-electron chi connectivity index (χ4n) is 3.30. The molecule has 0 bridgehead atoms. The van der Waals surface area contributed by atoms with Gasteiger partial charge in [-0.05, 0) is 48.4 Å². The predicted molar refractivity (Wildman–Crippen MR) is 97.9 cm³/mol. The first-order valence-corrected chi connectivity index (χ1v) is 9.87. The maximum absolute atomic E-state index is 12.0. The zero-order valence-corrected chi connectivity index (χ0v) is 14.5. The molecule has 1 aliphatic rings. The van der Waals surface area contributed by atoms with Gasteiger partial charge in [0.1, 0.15) is 0 Å². The maximum atomic E-state index is 12.0. The van der Waals surface area contributed by atoms with Crippen LogP contribution < -0.4 is 0 Å². The molecule has 2 aromatic carbocycles. The summed E-state index contributed by atoms with van der Waals surface area (Å²) in [6.07, 6.45) is 7.71. The van der Waals surface area contributed by atoms with Crippen LogP contribution in [0.4, 0.5) is 0 Å². The van der Waals surface area contributed by atoms with Gasteiger partial charge in [-0.15, -0.1) is 0 Å². The molecule has 3 heterocycles. The van der Waals surface area contributed by atoms with Crippen LogP contribution in [0.15, 0.2) is 66.2 Å². The standard InChI is InChI=1S/C19H14N4O2S/c24-26(25)8-5-13-9-14(1-4-18(13)26)19-21-11-15-10-16(2-3-17(15)22-19)23-7-6-20-12-23/h1-4,6-7,9-12H,5,8H2. The van der Waals surface area contributed by atoms with Crippen LogP contribution in [0.2, 0.25) is 0 Å². The van der Waals surface area contributed by atoms with Gasteiger partial charge >= 0.3 is 0 Å². The second-order valence-corrected chi connectivity index (χ2v) is 8.38. The van der Waals surface area contributed by atoms with Crippen LogP contribution >= 0.6 is 0 Å². The molecule has 128 valence electrons. The first-order valence-electron chi connectivity index (χ1n) is 8.21. The first kappa shape index (κ1) is 15.2. The molecule has 6 nitrogen and oxygen atoms in total. The normalized spacial score (nSPS) is 15.2. The van der Waals surface area contributed by atoms with E-state index in [9.17, 15) is 8.42 Å². The fourth-order valence-corrected chi connectivity index (χ4v) is 4.85. The molecule has 4 aromatic rings. The van der Waals surface area contributed by atoms with Gasteiger partial charge in [-0.3, -0.25) is 0 Å². The molecule has 7 heteroatoms. The summed E-state index contributed by atoms with van der Waals surface area (Å²) in [5.74, 6) is 0.779. The van der Waals surface area contributed by atoms with Gasteiger partial charge < -0.3 is 4.57 Å². The van der Waals surface area contributed by atoms with Crippen LogP contribution in [-0.4, -0.2) is 33.7 Å². The van der Waals surface area contributed by atoms with Crippen molar-refractivity contribution in [1.82, 2.24) is 19.5 Å². The van der Waals surface area contributed by atoms with Crippen LogP contribution in [0.1, 0.15) is 5.56 Å². The van der Waals surface area contributed by atoms with Gasteiger partial charge in [-0.1, -0.05) is 0 Å². The Kier molecular flexibility index (Phi) is 3.20. The van der Waals surface area contributed by atoms with Crippen molar-refractivity contribution in [3.05, 3.63) is 66.9 Å². The Hall–Kier alpha value is -3.06. The highest BCUT2D eigenvalue weighted by molar-refractivity contribution is 7.91. The molecule has 0 radical (unpaired) electrons. The lowest BCUT2D eigenvalue weighted by Crippen LogP contribution is -1.98. The van der Waals surface area contributed by atoms with Crippen molar-refractivity contribution in [1.29, 1.82) is 0 Å². The number of benzene rings is 2. The highest BCUT2D eigenvalue weighted by atomic mass is 32.2. The minimum atomic E-state index is -3.11. The molecule has 26 heavy (non-hydrogen) atoms. The number of hydrogen-bond acceptors (Lipinski definition) is 5. The minimum absolute atomic E-state index is 0.182. The third kappa shape index (κ3) is 2.40. The number of hydrogen-bond donors (Lipinski definition) is 0. The molecule has 0 atom stereocenters. The smallest absolute Gasteiger partial charge is 0.178 e. The molecule has 0 saturated heterocycles. The van der Waals surface area contributed by atoms with E-state index in [-0.39, 0.29) is 5.75 Å². The Morgan fingerprint density at radius 2 is 2.00 bits per heavy atom. The second-order valence-electron chi connectivity index (χ2n) is 6.30. The number of aromatic nitrogens is 4. The van der Waals surface area contributed by atoms with Gasteiger partial charge in [0, 0.05) is 35.2 Å². The van der Waals surface area contributed by atoms with E-state index in [2.05, 4.69) is 15.0 Å². The number of rotatable bonds is 2. The molecule has 0 N–H and O–H groups in total. The Labute approximate surface area is 150 Å². The van der Waals surface area contributed by atoms with Crippen molar-refractivity contribution in [2.75, 3.05) is 5.75 Å². The summed E-state index contributed by atoms with van der Waals surface area (Å²) in [4.78, 5) is 13.6. The van der Waals surface area contributed by atoms with E-state index in [1.807, 2.05) is 35.0 Å². The lowest BCUT2D eigenvalue weighted by atomic mass is 10.1. The Balaban J connectivity index is 1.57. The van der Waals surface area contributed by atoms with Crippen LogP contribution in [-0.2, 0) is 16.3 Å². The third-order valence-electron chi connectivity index (χ3n) is 4.66. The van der Waals surface area contributed by atoms with Gasteiger partial charge in [0.05, 0.1) is 22.5 Å². The van der Waals surface area contributed by atoms with E-state index in [1.54, 1.807) is 30.9 Å². The molecule has 0 saturated carbocycles. The number of aryl methyl sites for hydroxylation is 1. The van der Waals surface area contributed by atoms with Crippen molar-refractivity contribution in [2.24, 2.45) is 0 Å². The van der Waals surface area contributed by atoms with Crippen molar-refractivity contribution in [3.8, 4) is 17.1 Å². The molecular formula is C19H14N4O2S. The molecule has 5 rings (SSSR count). The Morgan fingerprint density at radius 3 is 2.85 bits per heavy atom. The van der Waals surface area contributed by atoms with Crippen molar-refractivity contribution in [2.45, 2.75) is 11.3 Å². The van der Waals surface area contributed by atoms with E-state index < -0.39 is 9.84 Å². The van der Waals surface area contributed by atoms with Gasteiger partial charge in [0.2, 0.25) is 0 Å². The Morgan fingerprint density at radius 1 is 1.08 bits per heavy atom. The van der Waals surface area contributed by atoms with E-state index >= 15 is 0 Å². The van der Waals surface area contributed by atoms with Gasteiger partial charge in [0.25, 0.3) is 0 Å². The minimum Gasteiger partial charge on any atom is -0.306 e. The SMILES string of the molecule is O=S1(=O)CCc2cc(-c3ncc4cc(-n5ccnc5)ccc4n3)ccc21. The average molecular weight is 362 g/mol. The molecule has 2 aromatic heterocycles. The molecule has 0 amide bonds. The highest BCUT2D eigenvalue weighted by Gasteiger charge is 2.26. The summed E-state index contributed by atoms with van der Waals surface area (Å²) >= 11 is 0. The third-order valence-corrected chi connectivity index (χ3v) is 6.47. The van der Waals surface area contributed by atoms with Crippen LogP contribution in [0.3, 0.4) is 0 Å². The molecule has 0 fully saturated rings. The van der Waals surface area contributed by atoms with Crippen molar-refractivity contribution >= 4 is 20.7 Å². The largest absolute Gasteiger partial charge is 0.306 e. The zero-order valence-electron chi connectivity index (χ0n) is 13.7. The monoisotopic (exact) mass is 362 g/mol. The maximum Gasteiger partial charge on any atom is 0.178 e. The zero-order chi connectivity index (χ0) is 17.7. The summed E-state index contributed by atoms with van der Waals surface area (Å²) < 4.78 is 25.9. The fraction of sp³-hybridized carbons (Fsp3) is 0.105. The van der Waals surface area contributed by atoms with Gasteiger partial charge in [-0.2, -0.15) is 0 Å². The predicted octanol–water partition coefficient (Wildman–Crippen LogP) is 2.81. The highest BCUT2D eigenvalue weighted by Crippen LogP contribution is 2.30. The quantitative estimate of drug-likeness (QED) is 0.548. The molecule has 0 aliphatic carbocycles. The molecular weight excluding hydrogens is 348 g/mol. The number of fused-ring (bicyclic) bond motifs is 2. The van der Waals surface area contributed by atoms with Gasteiger partial charge in [0.15, 0.2) is 15.7 Å². The molecule has 0 unspecified atom stereocenters. The average Bonchev–Trinajstić information content (AvgIpc) is 3.29. The van der Waals surface area contributed by atoms with Crippen molar-refractivity contribution in [3.63, 3.8) is 0 Å². The van der Waals surface area contributed by atoms with Crippen LogP contribution in [0.25, 0.3) is 28.0 Å². The summed E-state index contributed by atoms with van der Waals surface area (Å²) in [5.41, 5.74) is 3.52. The summed E-state index contributed by atoms with van der Waals surface area (Å²) in [5, 5.41) is 0.934. The topological polar surface area (TPSA) is 77.7 Å². The number of imidazole rings is 1. The van der Waals surface area contributed by atoms with Gasteiger partial charge in [-0.25, -0.2) is 23.4 Å². The summed E-state index contributed by atoms with van der Waals surface area (Å²) in [6.45, 7) is 0. The lowest BCUT2D eigenvalue weighted by Gasteiger charge is -2.07. The van der Waals surface area contributed by atoms with E-state index in [0.717, 1.165) is 27.7 Å². The van der Waals surface area contributed by atoms with Crippen molar-refractivity contribution < 1.29 is 8.42 Å². The number of nitrogens with zero attached hydrogens (tertiary/aromatic N) is 4. The van der Waals surface area contributed by atoms with E-state index in [0.29, 0.717) is 17.1 Å². The molecule has 0 spiro atoms. The summed E-state index contributed by atoms with van der Waals surface area (Å²) in [6, 6.07) is 11.3. The molecule has 1 aliphatic heterocycles. The lowest BCUT2D eigenvalue weighted by molar-refractivity contribution is 0.600. The number of sulfone groups is 1. The van der Waals surface area contributed by atoms with E-state index in [4.69, 9.17) is 0 Å². The van der Waals surface area contributed by atoms with E-state index in [1.165, 1.54) is 0 Å². The van der Waals surface area contributed by atoms with Crippen LogP contribution in [0, 0.1) is 0 Å². The Bertz CT molecular complexity index is 1250. The first-order chi connectivity index (χ1) is 12.6.